The maximum absolute atomic E-state index is 14.3. The highest BCUT2D eigenvalue weighted by molar-refractivity contribution is 5.31. The second-order valence-corrected chi connectivity index (χ2v) is 7.90. The Morgan fingerprint density at radius 2 is 2.04 bits per heavy atom. The predicted octanol–water partition coefficient (Wildman–Crippen LogP) is 3.81. The van der Waals surface area contributed by atoms with E-state index >= 15 is 0 Å². The Kier molecular flexibility index (Phi) is 5.13. The van der Waals surface area contributed by atoms with E-state index in [1.54, 1.807) is 18.3 Å². The van der Waals surface area contributed by atoms with Gasteiger partial charge in [-0.15, -0.1) is 0 Å². The van der Waals surface area contributed by atoms with E-state index in [1.807, 2.05) is 30.3 Å². The number of ether oxygens (including phenoxy) is 1. The van der Waals surface area contributed by atoms with Gasteiger partial charge >= 0.3 is 0 Å². The molecule has 2 aliphatic heterocycles. The van der Waals surface area contributed by atoms with Crippen LogP contribution < -0.4 is 0 Å². The van der Waals surface area contributed by atoms with Crippen LogP contribution in [0.3, 0.4) is 0 Å². The second-order valence-electron chi connectivity index (χ2n) is 7.90. The fourth-order valence-corrected chi connectivity index (χ4v) is 4.45. The average molecular weight is 383 g/mol. The van der Waals surface area contributed by atoms with Crippen LogP contribution >= 0.6 is 0 Å². The molecule has 2 atom stereocenters. The fraction of sp³-hybridized carbons (Fsp3) is 0.455. The zero-order valence-electron chi connectivity index (χ0n) is 15.7. The Morgan fingerprint density at radius 3 is 2.64 bits per heavy atom. The van der Waals surface area contributed by atoms with Gasteiger partial charge in [0.15, 0.2) is 0 Å². The molecule has 0 aliphatic carbocycles. The lowest BCUT2D eigenvalue weighted by molar-refractivity contribution is -0.301. The van der Waals surface area contributed by atoms with Crippen LogP contribution in [0.5, 0.6) is 0 Å². The zero-order valence-corrected chi connectivity index (χ0v) is 15.7. The van der Waals surface area contributed by atoms with Gasteiger partial charge < -0.3 is 4.74 Å². The molecule has 4 rings (SSSR count). The molecule has 146 valence electrons. The first-order valence-electron chi connectivity index (χ1n) is 9.62. The molecule has 1 aromatic carbocycles. The molecule has 0 radical (unpaired) electrons. The molecule has 0 saturated carbocycles. The normalized spacial score (nSPS) is 26.5. The molecule has 0 unspecified atom stereocenters. The van der Waals surface area contributed by atoms with E-state index in [2.05, 4.69) is 16.0 Å². The number of likely N-dealkylation sites (tertiary alicyclic amines) is 1. The maximum atomic E-state index is 14.3. The first kappa shape index (κ1) is 19.0. The molecule has 6 heteroatoms. The van der Waals surface area contributed by atoms with Gasteiger partial charge in [0.25, 0.3) is 5.92 Å². The van der Waals surface area contributed by atoms with E-state index in [-0.39, 0.29) is 0 Å². The first-order valence-corrected chi connectivity index (χ1v) is 9.62. The van der Waals surface area contributed by atoms with E-state index in [0.29, 0.717) is 37.9 Å². The number of nitriles is 1. The summed E-state index contributed by atoms with van der Waals surface area (Å²) in [5.41, 5.74) is 2.05. The summed E-state index contributed by atoms with van der Waals surface area (Å²) in [4.78, 5) is 6.57. The van der Waals surface area contributed by atoms with Crippen LogP contribution in [0, 0.1) is 16.7 Å². The molecule has 0 amide bonds. The van der Waals surface area contributed by atoms with Gasteiger partial charge in [0, 0.05) is 24.7 Å². The summed E-state index contributed by atoms with van der Waals surface area (Å²) in [6.07, 6.45) is 2.76. The zero-order chi connectivity index (χ0) is 19.6. The third-order valence-corrected chi connectivity index (χ3v) is 5.95. The van der Waals surface area contributed by atoms with Gasteiger partial charge in [0.1, 0.15) is 12.7 Å². The van der Waals surface area contributed by atoms with Crippen molar-refractivity contribution in [3.8, 4) is 6.07 Å². The molecule has 28 heavy (non-hydrogen) atoms. The third kappa shape index (κ3) is 3.78. The fourth-order valence-electron chi connectivity index (χ4n) is 4.45. The van der Waals surface area contributed by atoms with Crippen molar-refractivity contribution in [1.82, 2.24) is 9.88 Å². The Bertz CT molecular complexity index is 850. The first-order chi connectivity index (χ1) is 13.5. The molecule has 2 aromatic rings. The van der Waals surface area contributed by atoms with Gasteiger partial charge in [-0.25, -0.2) is 8.78 Å². The van der Waals surface area contributed by atoms with Crippen LogP contribution in [0.15, 0.2) is 48.7 Å². The van der Waals surface area contributed by atoms with Gasteiger partial charge in [-0.3, -0.25) is 9.88 Å². The lowest BCUT2D eigenvalue weighted by Gasteiger charge is -2.48. The summed E-state index contributed by atoms with van der Waals surface area (Å²) in [7, 11) is 0. The van der Waals surface area contributed by atoms with Crippen molar-refractivity contribution in [2.75, 3.05) is 19.7 Å². The van der Waals surface area contributed by atoms with E-state index in [1.165, 1.54) is 0 Å². The molecule has 0 N–H and O–H groups in total. The Hall–Kier alpha value is -2.36. The lowest BCUT2D eigenvalue weighted by atomic mass is 9.72. The van der Waals surface area contributed by atoms with Crippen molar-refractivity contribution in [1.29, 1.82) is 5.26 Å². The molecule has 0 spiro atoms. The molecule has 2 aliphatic rings. The van der Waals surface area contributed by atoms with E-state index in [9.17, 15) is 8.78 Å². The van der Waals surface area contributed by atoms with Gasteiger partial charge in [0.2, 0.25) is 0 Å². The number of hydrogen-bond donors (Lipinski definition) is 0. The van der Waals surface area contributed by atoms with Crippen molar-refractivity contribution in [3.63, 3.8) is 0 Å². The minimum Gasteiger partial charge on any atom is -0.365 e. The standard InChI is InChI=1S/C22H23F2N3O/c23-22(24)16-28-20(22)21(9-8-17-4-6-18(13-25)7-5-17)10-12-27(15-21)14-19-3-1-2-11-26-19/h1-7,11,20H,8-10,12,14-16H2/t20-,21-/m1/s1. The summed E-state index contributed by atoms with van der Waals surface area (Å²) in [5.74, 6) is -2.76. The third-order valence-electron chi connectivity index (χ3n) is 5.95. The summed E-state index contributed by atoms with van der Waals surface area (Å²) in [5, 5.41) is 8.93. The number of hydrogen-bond acceptors (Lipinski definition) is 4. The monoisotopic (exact) mass is 383 g/mol. The van der Waals surface area contributed by atoms with Gasteiger partial charge in [-0.05, 0) is 55.6 Å². The Balaban J connectivity index is 1.48. The summed E-state index contributed by atoms with van der Waals surface area (Å²) >= 11 is 0. The molecule has 2 fully saturated rings. The number of alkyl halides is 2. The predicted molar refractivity (Wildman–Crippen MR) is 101 cm³/mol. The van der Waals surface area contributed by atoms with Crippen LogP contribution in [0.1, 0.15) is 29.7 Å². The highest BCUT2D eigenvalue weighted by Gasteiger charge is 2.61. The van der Waals surface area contributed by atoms with Gasteiger partial charge in [-0.2, -0.15) is 5.26 Å². The Morgan fingerprint density at radius 1 is 1.21 bits per heavy atom. The van der Waals surface area contributed by atoms with Gasteiger partial charge in [0.05, 0.1) is 17.3 Å². The number of pyridine rings is 1. The lowest BCUT2D eigenvalue weighted by Crippen LogP contribution is -2.61. The van der Waals surface area contributed by atoms with E-state index < -0.39 is 24.0 Å². The molecule has 4 nitrogen and oxygen atoms in total. The average Bonchev–Trinajstić information content (AvgIpc) is 3.10. The number of rotatable bonds is 6. The molecule has 1 aromatic heterocycles. The van der Waals surface area contributed by atoms with Crippen molar-refractivity contribution in [2.45, 2.75) is 37.8 Å². The van der Waals surface area contributed by atoms with Crippen molar-refractivity contribution >= 4 is 0 Å². The number of benzene rings is 1. The largest absolute Gasteiger partial charge is 0.365 e. The van der Waals surface area contributed by atoms with E-state index in [4.69, 9.17) is 10.00 Å². The van der Waals surface area contributed by atoms with Crippen LogP contribution in [-0.2, 0) is 17.7 Å². The van der Waals surface area contributed by atoms with Crippen LogP contribution in [0.4, 0.5) is 8.78 Å². The molecular formula is C22H23F2N3O. The summed E-state index contributed by atoms with van der Waals surface area (Å²) < 4.78 is 34.0. The maximum Gasteiger partial charge on any atom is 0.297 e. The number of halogens is 2. The summed E-state index contributed by atoms with van der Waals surface area (Å²) in [6, 6.07) is 15.3. The highest BCUT2D eigenvalue weighted by atomic mass is 19.3. The highest BCUT2D eigenvalue weighted by Crippen LogP contribution is 2.50. The molecule has 2 saturated heterocycles. The molecule has 0 bridgehead atoms. The molecular weight excluding hydrogens is 360 g/mol. The van der Waals surface area contributed by atoms with Crippen molar-refractivity contribution in [2.24, 2.45) is 5.41 Å². The number of aryl methyl sites for hydroxylation is 1. The second kappa shape index (κ2) is 7.57. The Labute approximate surface area is 163 Å². The van der Waals surface area contributed by atoms with Crippen LogP contribution in [-0.4, -0.2) is 41.6 Å². The molecule has 3 heterocycles. The minimum absolute atomic E-state index is 0.476. The topological polar surface area (TPSA) is 49.1 Å². The van der Waals surface area contributed by atoms with Crippen molar-refractivity contribution in [3.05, 3.63) is 65.5 Å². The SMILES string of the molecule is N#Cc1ccc(CC[C@@]2([C@H]3OCC3(F)F)CCN(Cc3ccccn3)C2)cc1. The number of aromatic nitrogens is 1. The quantitative estimate of drug-likeness (QED) is 0.761. The smallest absolute Gasteiger partial charge is 0.297 e. The van der Waals surface area contributed by atoms with Crippen LogP contribution in [0.25, 0.3) is 0 Å². The van der Waals surface area contributed by atoms with Gasteiger partial charge in [-0.1, -0.05) is 18.2 Å². The van der Waals surface area contributed by atoms with Crippen molar-refractivity contribution < 1.29 is 13.5 Å². The van der Waals surface area contributed by atoms with Crippen LogP contribution in [0.2, 0.25) is 0 Å². The summed E-state index contributed by atoms with van der Waals surface area (Å²) in [6.45, 7) is 1.54. The van der Waals surface area contributed by atoms with E-state index in [0.717, 1.165) is 17.8 Å². The minimum atomic E-state index is -2.76. The number of nitrogens with zero attached hydrogens (tertiary/aromatic N) is 3.